The van der Waals surface area contributed by atoms with Crippen LogP contribution in [0.1, 0.15) is 5.69 Å². The smallest absolute Gasteiger partial charge is 0.155 e. The Morgan fingerprint density at radius 2 is 2.36 bits per heavy atom. The molecule has 1 rings (SSSR count). The molecule has 3 nitrogen and oxygen atoms in total. The monoisotopic (exact) mass is 149 g/mol. The van der Waals surface area contributed by atoms with Gasteiger partial charge >= 0.3 is 0 Å². The van der Waals surface area contributed by atoms with Gasteiger partial charge in [0.1, 0.15) is 0 Å². The molecular formula is C8H7NO2. The van der Waals surface area contributed by atoms with Crippen LogP contribution in [0, 0.1) is 0 Å². The molecule has 1 N–H and O–H groups in total. The lowest BCUT2D eigenvalue weighted by Crippen LogP contribution is -1.88. The van der Waals surface area contributed by atoms with Crippen molar-refractivity contribution >= 4 is 11.9 Å². The van der Waals surface area contributed by atoms with Crippen LogP contribution in [-0.4, -0.2) is 16.4 Å². The van der Waals surface area contributed by atoms with E-state index in [4.69, 9.17) is 5.11 Å². The number of pyridine rings is 1. The van der Waals surface area contributed by atoms with Crippen molar-refractivity contribution in [1.82, 2.24) is 4.98 Å². The molecule has 56 valence electrons. The molecule has 1 aromatic heterocycles. The van der Waals surface area contributed by atoms with Crippen LogP contribution in [0.15, 0.2) is 30.7 Å². The van der Waals surface area contributed by atoms with Gasteiger partial charge in [-0.25, -0.2) is 0 Å². The minimum atomic E-state index is 0.186. The molecule has 0 unspecified atom stereocenters. The highest BCUT2D eigenvalue weighted by atomic mass is 16.2. The first-order valence-electron chi connectivity index (χ1n) is 3.09. The highest BCUT2D eigenvalue weighted by molar-refractivity contribution is 6.05. The van der Waals surface area contributed by atoms with E-state index in [-0.39, 0.29) is 5.57 Å². The standard InChI is InChI=1S/C8H7NO2/c10-5-7(6-11)8-3-1-2-4-9-8/h1-6,10H/b7-5+. The van der Waals surface area contributed by atoms with E-state index in [9.17, 15) is 4.79 Å². The molecule has 0 saturated carbocycles. The molecule has 1 aromatic rings. The number of aldehydes is 1. The molecule has 0 aliphatic heterocycles. The predicted octanol–water partition coefficient (Wildman–Crippen LogP) is 1.18. The average Bonchev–Trinajstić information content (AvgIpc) is 2.09. The van der Waals surface area contributed by atoms with Gasteiger partial charge in [0.05, 0.1) is 17.5 Å². The molecule has 1 heterocycles. The molecule has 0 aromatic carbocycles. The first-order chi connectivity index (χ1) is 5.38. The van der Waals surface area contributed by atoms with Crippen LogP contribution in [0.4, 0.5) is 0 Å². The Kier molecular flexibility index (Phi) is 2.38. The van der Waals surface area contributed by atoms with E-state index in [1.807, 2.05) is 0 Å². The first kappa shape index (κ1) is 7.47. The minimum Gasteiger partial charge on any atom is -0.515 e. The summed E-state index contributed by atoms with van der Waals surface area (Å²) in [5.41, 5.74) is 0.663. The molecule has 0 fully saturated rings. The summed E-state index contributed by atoms with van der Waals surface area (Å²) < 4.78 is 0. The second-order valence-electron chi connectivity index (χ2n) is 1.92. The van der Waals surface area contributed by atoms with Crippen molar-refractivity contribution in [1.29, 1.82) is 0 Å². The number of nitrogens with zero attached hydrogens (tertiary/aromatic N) is 1. The van der Waals surface area contributed by atoms with Crippen molar-refractivity contribution in [2.24, 2.45) is 0 Å². The zero-order valence-electron chi connectivity index (χ0n) is 5.77. The number of aromatic nitrogens is 1. The van der Waals surface area contributed by atoms with E-state index in [0.29, 0.717) is 12.0 Å². The van der Waals surface area contributed by atoms with E-state index in [0.717, 1.165) is 6.26 Å². The van der Waals surface area contributed by atoms with Crippen LogP contribution in [-0.2, 0) is 4.79 Å². The Bertz CT molecular complexity index is 267. The Balaban J connectivity index is 3.01. The summed E-state index contributed by atoms with van der Waals surface area (Å²) in [4.78, 5) is 14.1. The quantitative estimate of drug-likeness (QED) is 0.390. The normalized spacial score (nSPS) is 11.1. The van der Waals surface area contributed by atoms with Gasteiger partial charge in [-0.1, -0.05) is 6.07 Å². The van der Waals surface area contributed by atoms with Crippen LogP contribution < -0.4 is 0 Å². The Labute approximate surface area is 64.0 Å². The maximum atomic E-state index is 10.3. The molecule has 3 heteroatoms. The van der Waals surface area contributed by atoms with Crippen molar-refractivity contribution in [2.45, 2.75) is 0 Å². The second-order valence-corrected chi connectivity index (χ2v) is 1.92. The lowest BCUT2D eigenvalue weighted by Gasteiger charge is -1.93. The number of carbonyl (C=O) groups is 1. The zero-order valence-corrected chi connectivity index (χ0v) is 5.77. The topological polar surface area (TPSA) is 50.2 Å². The van der Waals surface area contributed by atoms with E-state index >= 15 is 0 Å². The van der Waals surface area contributed by atoms with Crippen molar-refractivity contribution in [2.75, 3.05) is 0 Å². The maximum Gasteiger partial charge on any atom is 0.155 e. The summed E-state index contributed by atoms with van der Waals surface area (Å²) >= 11 is 0. The maximum absolute atomic E-state index is 10.3. The summed E-state index contributed by atoms with van der Waals surface area (Å²) in [5.74, 6) is 0. The molecule has 0 saturated heterocycles. The Hall–Kier alpha value is -1.64. The highest BCUT2D eigenvalue weighted by Gasteiger charge is 1.98. The fraction of sp³-hybridized carbons (Fsp3) is 0. The second kappa shape index (κ2) is 3.51. The summed E-state index contributed by atoms with van der Waals surface area (Å²) in [6.07, 6.45) is 2.86. The van der Waals surface area contributed by atoms with Crippen LogP contribution in [0.3, 0.4) is 0 Å². The lowest BCUT2D eigenvalue weighted by atomic mass is 10.2. The van der Waals surface area contributed by atoms with Crippen molar-refractivity contribution < 1.29 is 9.90 Å². The molecule has 0 bridgehead atoms. The number of carbonyl (C=O) groups excluding carboxylic acids is 1. The van der Waals surface area contributed by atoms with Crippen LogP contribution in [0.25, 0.3) is 5.57 Å². The number of hydrogen-bond acceptors (Lipinski definition) is 3. The number of aliphatic hydroxyl groups excluding tert-OH is 1. The molecule has 0 spiro atoms. The molecule has 0 aliphatic carbocycles. The molecule has 0 radical (unpaired) electrons. The number of rotatable bonds is 2. The predicted molar refractivity (Wildman–Crippen MR) is 40.9 cm³/mol. The van der Waals surface area contributed by atoms with Gasteiger partial charge in [0.25, 0.3) is 0 Å². The molecule has 0 aliphatic rings. The van der Waals surface area contributed by atoms with Crippen LogP contribution in [0.2, 0.25) is 0 Å². The number of allylic oxidation sites excluding steroid dienone is 1. The van der Waals surface area contributed by atoms with Crippen molar-refractivity contribution in [3.63, 3.8) is 0 Å². The van der Waals surface area contributed by atoms with E-state index in [1.165, 1.54) is 0 Å². The van der Waals surface area contributed by atoms with Crippen LogP contribution in [0.5, 0.6) is 0 Å². The first-order valence-corrected chi connectivity index (χ1v) is 3.09. The fourth-order valence-electron chi connectivity index (χ4n) is 0.690. The van der Waals surface area contributed by atoms with Crippen molar-refractivity contribution in [3.05, 3.63) is 36.4 Å². The third kappa shape index (κ3) is 1.64. The number of hydrogen-bond donors (Lipinski definition) is 1. The van der Waals surface area contributed by atoms with E-state index < -0.39 is 0 Å². The Morgan fingerprint density at radius 3 is 2.82 bits per heavy atom. The molecular weight excluding hydrogens is 142 g/mol. The van der Waals surface area contributed by atoms with Gasteiger partial charge in [-0.3, -0.25) is 9.78 Å². The van der Waals surface area contributed by atoms with E-state index in [1.54, 1.807) is 24.4 Å². The highest BCUT2D eigenvalue weighted by Crippen LogP contribution is 2.05. The zero-order chi connectivity index (χ0) is 8.10. The molecule has 0 amide bonds. The molecule has 11 heavy (non-hydrogen) atoms. The fourth-order valence-corrected chi connectivity index (χ4v) is 0.690. The van der Waals surface area contributed by atoms with E-state index in [2.05, 4.69) is 4.98 Å². The summed E-state index contributed by atoms with van der Waals surface area (Å²) in [7, 11) is 0. The van der Waals surface area contributed by atoms with Gasteiger partial charge in [-0.2, -0.15) is 0 Å². The van der Waals surface area contributed by atoms with Gasteiger partial charge in [0.2, 0.25) is 0 Å². The number of aliphatic hydroxyl groups is 1. The van der Waals surface area contributed by atoms with Gasteiger partial charge in [0.15, 0.2) is 6.29 Å². The average molecular weight is 149 g/mol. The van der Waals surface area contributed by atoms with Crippen LogP contribution >= 0.6 is 0 Å². The molecule has 0 atom stereocenters. The van der Waals surface area contributed by atoms with Gasteiger partial charge < -0.3 is 5.11 Å². The third-order valence-electron chi connectivity index (χ3n) is 1.23. The Morgan fingerprint density at radius 1 is 1.55 bits per heavy atom. The SMILES string of the molecule is O=C/C(=C\O)c1ccccn1. The minimum absolute atomic E-state index is 0.186. The summed E-state index contributed by atoms with van der Waals surface area (Å²) in [6.45, 7) is 0. The summed E-state index contributed by atoms with van der Waals surface area (Å²) in [6, 6.07) is 5.13. The van der Waals surface area contributed by atoms with Gasteiger partial charge in [-0.05, 0) is 12.1 Å². The van der Waals surface area contributed by atoms with Gasteiger partial charge in [0, 0.05) is 6.20 Å². The van der Waals surface area contributed by atoms with Gasteiger partial charge in [-0.15, -0.1) is 0 Å². The van der Waals surface area contributed by atoms with Crippen molar-refractivity contribution in [3.8, 4) is 0 Å². The largest absolute Gasteiger partial charge is 0.515 e. The summed E-state index contributed by atoms with van der Waals surface area (Å²) in [5, 5.41) is 8.55. The third-order valence-corrected chi connectivity index (χ3v) is 1.23. The lowest BCUT2D eigenvalue weighted by molar-refractivity contribution is -0.103.